The molecule has 0 bridgehead atoms. The molecule has 0 fully saturated rings. The minimum absolute atomic E-state index is 0.0382. The molecule has 0 aliphatic carbocycles. The highest BCUT2D eigenvalue weighted by Crippen LogP contribution is 2.33. The van der Waals surface area contributed by atoms with Crippen molar-refractivity contribution in [2.45, 2.75) is 46.4 Å². The van der Waals surface area contributed by atoms with E-state index in [1.165, 1.54) is 38.9 Å². The lowest BCUT2D eigenvalue weighted by molar-refractivity contribution is 0.892. The van der Waals surface area contributed by atoms with Gasteiger partial charge in [-0.3, -0.25) is 0 Å². The van der Waals surface area contributed by atoms with Gasteiger partial charge in [-0.25, -0.2) is 0 Å². The van der Waals surface area contributed by atoms with Gasteiger partial charge in [-0.15, -0.1) is 11.6 Å². The van der Waals surface area contributed by atoms with E-state index in [-0.39, 0.29) is 5.38 Å². The summed E-state index contributed by atoms with van der Waals surface area (Å²) in [6.07, 6.45) is 0.881. The van der Waals surface area contributed by atoms with Crippen LogP contribution >= 0.6 is 11.6 Å². The Morgan fingerprint density at radius 3 is 1.85 bits per heavy atom. The van der Waals surface area contributed by atoms with Crippen molar-refractivity contribution in [3.05, 3.63) is 69.3 Å². The van der Waals surface area contributed by atoms with Gasteiger partial charge in [0.25, 0.3) is 0 Å². The molecule has 0 aliphatic rings. The van der Waals surface area contributed by atoms with Crippen LogP contribution in [0.5, 0.6) is 0 Å². The zero-order valence-electron chi connectivity index (χ0n) is 13.0. The highest BCUT2D eigenvalue weighted by atomic mass is 35.5. The van der Waals surface area contributed by atoms with E-state index in [1.807, 2.05) is 0 Å². The first kappa shape index (κ1) is 15.1. The van der Waals surface area contributed by atoms with E-state index in [4.69, 9.17) is 11.6 Å². The molecule has 2 rings (SSSR count). The van der Waals surface area contributed by atoms with Gasteiger partial charge in [-0.1, -0.05) is 35.9 Å². The van der Waals surface area contributed by atoms with E-state index in [2.05, 4.69) is 65.0 Å². The first-order valence-electron chi connectivity index (χ1n) is 7.17. The molecule has 2 aromatic carbocycles. The highest BCUT2D eigenvalue weighted by Gasteiger charge is 2.17. The maximum atomic E-state index is 6.74. The van der Waals surface area contributed by atoms with Crippen LogP contribution in [0.2, 0.25) is 0 Å². The summed E-state index contributed by atoms with van der Waals surface area (Å²) >= 11 is 6.74. The average molecular weight is 287 g/mol. The molecular weight excluding hydrogens is 264 g/mol. The molecule has 106 valence electrons. The third-order valence-electron chi connectivity index (χ3n) is 4.27. The minimum Gasteiger partial charge on any atom is -0.117 e. The summed E-state index contributed by atoms with van der Waals surface area (Å²) in [5.41, 5.74) is 9.23. The molecule has 0 heterocycles. The molecule has 0 aromatic heterocycles. The van der Waals surface area contributed by atoms with Gasteiger partial charge in [0, 0.05) is 0 Å². The molecule has 1 heteroatoms. The second-order valence-corrected chi connectivity index (χ2v) is 6.36. The monoisotopic (exact) mass is 286 g/mol. The summed E-state index contributed by atoms with van der Waals surface area (Å²) in [4.78, 5) is 0. The number of hydrogen-bond donors (Lipinski definition) is 0. The van der Waals surface area contributed by atoms with Gasteiger partial charge < -0.3 is 0 Å². The van der Waals surface area contributed by atoms with Crippen LogP contribution < -0.4 is 0 Å². The molecule has 0 aliphatic heterocycles. The molecule has 0 spiro atoms. The van der Waals surface area contributed by atoms with Crippen molar-refractivity contribution in [3.63, 3.8) is 0 Å². The summed E-state index contributed by atoms with van der Waals surface area (Å²) in [7, 11) is 0. The van der Waals surface area contributed by atoms with Crippen molar-refractivity contribution in [2.75, 3.05) is 0 Å². The number of alkyl halides is 1. The molecule has 0 radical (unpaired) electrons. The van der Waals surface area contributed by atoms with Crippen LogP contribution in [0.4, 0.5) is 0 Å². The van der Waals surface area contributed by atoms with Crippen LogP contribution in [0, 0.1) is 34.6 Å². The number of rotatable bonds is 3. The summed E-state index contributed by atoms with van der Waals surface area (Å²) in [6.45, 7) is 10.8. The fraction of sp³-hybridized carbons (Fsp3) is 0.368. The van der Waals surface area contributed by atoms with Crippen molar-refractivity contribution in [1.29, 1.82) is 0 Å². The third kappa shape index (κ3) is 3.07. The molecule has 1 atom stereocenters. The standard InChI is InChI=1S/C19H23Cl/c1-12-6-8-17(9-7-12)11-18(20)19-15(4)13(2)10-14(3)16(19)5/h6-10,18H,11H2,1-5H3. The van der Waals surface area contributed by atoms with Crippen LogP contribution in [0.25, 0.3) is 0 Å². The number of halogens is 1. The van der Waals surface area contributed by atoms with E-state index in [0.29, 0.717) is 0 Å². The second kappa shape index (κ2) is 6.01. The number of hydrogen-bond acceptors (Lipinski definition) is 0. The van der Waals surface area contributed by atoms with Crippen molar-refractivity contribution >= 4 is 11.6 Å². The molecule has 0 saturated heterocycles. The van der Waals surface area contributed by atoms with E-state index in [9.17, 15) is 0 Å². The predicted molar refractivity (Wildman–Crippen MR) is 88.9 cm³/mol. The fourth-order valence-electron chi connectivity index (χ4n) is 2.75. The average Bonchev–Trinajstić information content (AvgIpc) is 2.39. The van der Waals surface area contributed by atoms with Crippen LogP contribution in [0.1, 0.15) is 44.3 Å². The summed E-state index contributed by atoms with van der Waals surface area (Å²) in [5, 5.41) is 0.0382. The van der Waals surface area contributed by atoms with Crippen molar-refractivity contribution in [2.24, 2.45) is 0 Å². The lowest BCUT2D eigenvalue weighted by Gasteiger charge is -2.20. The Kier molecular flexibility index (Phi) is 4.55. The smallest absolute Gasteiger partial charge is 0.0630 e. The van der Waals surface area contributed by atoms with Crippen LogP contribution in [0.15, 0.2) is 30.3 Å². The Morgan fingerprint density at radius 1 is 0.850 bits per heavy atom. The van der Waals surface area contributed by atoms with E-state index in [0.717, 1.165) is 6.42 Å². The molecule has 0 N–H and O–H groups in total. The third-order valence-corrected chi connectivity index (χ3v) is 4.65. The zero-order valence-corrected chi connectivity index (χ0v) is 13.8. The Hall–Kier alpha value is -1.27. The highest BCUT2D eigenvalue weighted by molar-refractivity contribution is 6.21. The van der Waals surface area contributed by atoms with E-state index >= 15 is 0 Å². The fourth-order valence-corrected chi connectivity index (χ4v) is 3.26. The van der Waals surface area contributed by atoms with Gasteiger partial charge in [0.05, 0.1) is 5.38 Å². The van der Waals surface area contributed by atoms with Crippen LogP contribution in [-0.4, -0.2) is 0 Å². The quantitative estimate of drug-likeness (QED) is 0.630. The lowest BCUT2D eigenvalue weighted by atomic mass is 9.90. The Balaban J connectivity index is 2.34. The maximum Gasteiger partial charge on any atom is 0.0630 e. The van der Waals surface area contributed by atoms with Crippen molar-refractivity contribution in [3.8, 4) is 0 Å². The van der Waals surface area contributed by atoms with Gasteiger partial charge in [-0.2, -0.15) is 0 Å². The zero-order chi connectivity index (χ0) is 14.9. The SMILES string of the molecule is Cc1ccc(CC(Cl)c2c(C)c(C)cc(C)c2C)cc1. The first-order chi connectivity index (χ1) is 9.40. The van der Waals surface area contributed by atoms with Crippen molar-refractivity contribution < 1.29 is 0 Å². The van der Waals surface area contributed by atoms with E-state index < -0.39 is 0 Å². The summed E-state index contributed by atoms with van der Waals surface area (Å²) in [5.74, 6) is 0. The lowest BCUT2D eigenvalue weighted by Crippen LogP contribution is -2.04. The maximum absolute atomic E-state index is 6.74. The van der Waals surface area contributed by atoms with Gasteiger partial charge in [0.2, 0.25) is 0 Å². The summed E-state index contributed by atoms with van der Waals surface area (Å²) < 4.78 is 0. The molecule has 0 nitrogen and oxygen atoms in total. The largest absolute Gasteiger partial charge is 0.117 e. The Bertz CT molecular complexity index is 582. The van der Waals surface area contributed by atoms with Gasteiger partial charge >= 0.3 is 0 Å². The van der Waals surface area contributed by atoms with Crippen molar-refractivity contribution in [1.82, 2.24) is 0 Å². The second-order valence-electron chi connectivity index (χ2n) is 5.83. The molecule has 0 amide bonds. The van der Waals surface area contributed by atoms with E-state index in [1.54, 1.807) is 0 Å². The predicted octanol–water partition coefficient (Wildman–Crippen LogP) is 5.75. The molecule has 0 saturated carbocycles. The molecule has 2 aromatic rings. The molecule has 20 heavy (non-hydrogen) atoms. The number of benzene rings is 2. The normalized spacial score (nSPS) is 12.5. The topological polar surface area (TPSA) is 0 Å². The van der Waals surface area contributed by atoms with Gasteiger partial charge in [0.1, 0.15) is 0 Å². The van der Waals surface area contributed by atoms with Gasteiger partial charge in [0.15, 0.2) is 0 Å². The number of aryl methyl sites for hydroxylation is 3. The minimum atomic E-state index is 0.0382. The van der Waals surface area contributed by atoms with Crippen LogP contribution in [0.3, 0.4) is 0 Å². The molecular formula is C19H23Cl. The molecule has 1 unspecified atom stereocenters. The Morgan fingerprint density at radius 2 is 1.35 bits per heavy atom. The van der Waals surface area contributed by atoms with Gasteiger partial charge in [-0.05, 0) is 74.4 Å². The Labute approximate surface area is 127 Å². The summed E-state index contributed by atoms with van der Waals surface area (Å²) in [6, 6.07) is 10.9. The van der Waals surface area contributed by atoms with Crippen LogP contribution in [-0.2, 0) is 6.42 Å². The first-order valence-corrected chi connectivity index (χ1v) is 7.60.